The summed E-state index contributed by atoms with van der Waals surface area (Å²) in [5.41, 5.74) is 0.235. The lowest BCUT2D eigenvalue weighted by atomic mass is 9.96. The van der Waals surface area contributed by atoms with Crippen LogP contribution >= 0.6 is 0 Å². The number of benzene rings is 2. The van der Waals surface area contributed by atoms with Crippen LogP contribution in [-0.2, 0) is 11.2 Å². The normalized spacial score (nSPS) is 16.0. The third-order valence-electron chi connectivity index (χ3n) is 3.95. The fraction of sp³-hybridized carbons (Fsp3) is 0.222. The molecule has 1 atom stereocenters. The molecule has 1 amide bonds. The Kier molecular flexibility index (Phi) is 4.29. The van der Waals surface area contributed by atoms with Gasteiger partial charge >= 0.3 is 0 Å². The highest BCUT2D eigenvalue weighted by Gasteiger charge is 2.27. The standard InChI is InChI=1S/C18H15F2NO3/c1-10(22)12-7-14(19)17(15(20)8-12)21-18(23)13-6-11-4-2-3-5-16(11)24-9-13/h2-5,7-8,13H,6,9H2,1H3,(H,21,23). The molecule has 124 valence electrons. The lowest BCUT2D eigenvalue weighted by Crippen LogP contribution is -2.33. The molecule has 0 radical (unpaired) electrons. The second-order valence-electron chi connectivity index (χ2n) is 5.68. The van der Waals surface area contributed by atoms with Gasteiger partial charge in [-0.2, -0.15) is 0 Å². The zero-order chi connectivity index (χ0) is 17.3. The molecular formula is C18H15F2NO3. The SMILES string of the molecule is CC(=O)c1cc(F)c(NC(=O)C2COc3ccccc3C2)c(F)c1. The van der Waals surface area contributed by atoms with E-state index in [-0.39, 0.29) is 12.2 Å². The first-order valence-electron chi connectivity index (χ1n) is 7.47. The van der Waals surface area contributed by atoms with Crippen LogP contribution in [0.5, 0.6) is 5.75 Å². The van der Waals surface area contributed by atoms with Crippen LogP contribution in [0.25, 0.3) is 0 Å². The van der Waals surface area contributed by atoms with Gasteiger partial charge in [-0.05, 0) is 37.1 Å². The third-order valence-corrected chi connectivity index (χ3v) is 3.95. The van der Waals surface area contributed by atoms with Gasteiger partial charge in [-0.3, -0.25) is 9.59 Å². The Morgan fingerprint density at radius 2 is 1.83 bits per heavy atom. The highest BCUT2D eigenvalue weighted by molar-refractivity contribution is 5.96. The number of anilines is 1. The lowest BCUT2D eigenvalue weighted by Gasteiger charge is -2.24. The fourth-order valence-electron chi connectivity index (χ4n) is 2.62. The van der Waals surface area contributed by atoms with Crippen molar-refractivity contribution in [3.63, 3.8) is 0 Å². The number of carbonyl (C=O) groups excluding carboxylic acids is 2. The van der Waals surface area contributed by atoms with Crippen LogP contribution in [0.2, 0.25) is 0 Å². The van der Waals surface area contributed by atoms with Crippen molar-refractivity contribution in [3.8, 4) is 5.75 Å². The smallest absolute Gasteiger partial charge is 0.231 e. The molecule has 4 nitrogen and oxygen atoms in total. The Morgan fingerprint density at radius 3 is 2.50 bits per heavy atom. The van der Waals surface area contributed by atoms with Crippen molar-refractivity contribution >= 4 is 17.4 Å². The van der Waals surface area contributed by atoms with E-state index >= 15 is 0 Å². The topological polar surface area (TPSA) is 55.4 Å². The molecule has 2 aromatic carbocycles. The van der Waals surface area contributed by atoms with Crippen LogP contribution in [-0.4, -0.2) is 18.3 Å². The summed E-state index contributed by atoms with van der Waals surface area (Å²) < 4.78 is 33.5. The maximum Gasteiger partial charge on any atom is 0.231 e. The Hall–Kier alpha value is -2.76. The van der Waals surface area contributed by atoms with Gasteiger partial charge in [0.15, 0.2) is 5.78 Å². The van der Waals surface area contributed by atoms with Crippen LogP contribution in [0.3, 0.4) is 0 Å². The summed E-state index contributed by atoms with van der Waals surface area (Å²) in [6, 6.07) is 9.14. The van der Waals surface area contributed by atoms with E-state index in [0.717, 1.165) is 17.7 Å². The molecule has 6 heteroatoms. The van der Waals surface area contributed by atoms with E-state index in [2.05, 4.69) is 5.32 Å². The second-order valence-corrected chi connectivity index (χ2v) is 5.68. The first-order chi connectivity index (χ1) is 11.5. The number of nitrogens with one attached hydrogen (secondary N) is 1. The Bertz CT molecular complexity index is 797. The van der Waals surface area contributed by atoms with E-state index in [1.54, 1.807) is 0 Å². The predicted octanol–water partition coefficient (Wildman–Crippen LogP) is 3.36. The molecule has 0 saturated heterocycles. The quantitative estimate of drug-likeness (QED) is 0.878. The molecule has 0 saturated carbocycles. The van der Waals surface area contributed by atoms with E-state index < -0.39 is 34.9 Å². The highest BCUT2D eigenvalue weighted by Crippen LogP contribution is 2.28. The van der Waals surface area contributed by atoms with Gasteiger partial charge in [-0.25, -0.2) is 8.78 Å². The summed E-state index contributed by atoms with van der Waals surface area (Å²) in [4.78, 5) is 23.5. The zero-order valence-electron chi connectivity index (χ0n) is 12.9. The van der Waals surface area contributed by atoms with Crippen LogP contribution in [0.1, 0.15) is 22.8 Å². The van der Waals surface area contributed by atoms with Gasteiger partial charge in [0.1, 0.15) is 29.7 Å². The van der Waals surface area contributed by atoms with Crippen LogP contribution in [0.15, 0.2) is 36.4 Å². The van der Waals surface area contributed by atoms with Crippen molar-refractivity contribution in [2.45, 2.75) is 13.3 Å². The van der Waals surface area contributed by atoms with Gasteiger partial charge in [0.25, 0.3) is 0 Å². The van der Waals surface area contributed by atoms with Crippen molar-refractivity contribution in [2.75, 3.05) is 11.9 Å². The summed E-state index contributed by atoms with van der Waals surface area (Å²) in [5, 5.41) is 2.26. The minimum atomic E-state index is -0.981. The Balaban J connectivity index is 1.78. The lowest BCUT2D eigenvalue weighted by molar-refractivity contribution is -0.121. The summed E-state index contributed by atoms with van der Waals surface area (Å²) >= 11 is 0. The third kappa shape index (κ3) is 3.13. The second kappa shape index (κ2) is 6.39. The molecular weight excluding hydrogens is 316 g/mol. The van der Waals surface area contributed by atoms with Crippen LogP contribution in [0, 0.1) is 17.6 Å². The van der Waals surface area contributed by atoms with Crippen molar-refractivity contribution in [1.29, 1.82) is 0 Å². The molecule has 1 aliphatic heterocycles. The molecule has 0 spiro atoms. The first-order valence-corrected chi connectivity index (χ1v) is 7.47. The van der Waals surface area contributed by atoms with Crippen molar-refractivity contribution in [2.24, 2.45) is 5.92 Å². The minimum Gasteiger partial charge on any atom is -0.492 e. The number of ether oxygens (including phenoxy) is 1. The zero-order valence-corrected chi connectivity index (χ0v) is 12.9. The number of hydrogen-bond acceptors (Lipinski definition) is 3. The Labute approximate surface area is 137 Å². The van der Waals surface area contributed by atoms with Gasteiger partial charge < -0.3 is 10.1 Å². The molecule has 1 heterocycles. The molecule has 0 aliphatic carbocycles. The molecule has 0 bridgehead atoms. The molecule has 1 N–H and O–H groups in total. The Morgan fingerprint density at radius 1 is 1.17 bits per heavy atom. The molecule has 2 aromatic rings. The largest absolute Gasteiger partial charge is 0.492 e. The van der Waals surface area contributed by atoms with Crippen molar-refractivity contribution in [1.82, 2.24) is 0 Å². The number of amides is 1. The summed E-state index contributed by atoms with van der Waals surface area (Å²) in [7, 11) is 0. The average Bonchev–Trinajstić information content (AvgIpc) is 2.57. The van der Waals surface area contributed by atoms with Gasteiger partial charge in [-0.1, -0.05) is 18.2 Å². The number of ketones is 1. The van der Waals surface area contributed by atoms with E-state index in [4.69, 9.17) is 4.74 Å². The number of halogens is 2. The van der Waals surface area contributed by atoms with Gasteiger partial charge in [0.05, 0.1) is 5.92 Å². The number of Topliss-reactive ketones (excluding diaryl/α,β-unsaturated/α-hetero) is 1. The number of carbonyl (C=O) groups is 2. The monoisotopic (exact) mass is 331 g/mol. The summed E-state index contributed by atoms with van der Waals surface area (Å²) in [6.07, 6.45) is 0.427. The van der Waals surface area contributed by atoms with Crippen molar-refractivity contribution < 1.29 is 23.1 Å². The predicted molar refractivity (Wildman–Crippen MR) is 84.1 cm³/mol. The molecule has 1 unspecified atom stereocenters. The van der Waals surface area contributed by atoms with E-state index in [9.17, 15) is 18.4 Å². The molecule has 0 fully saturated rings. The summed E-state index contributed by atoms with van der Waals surface area (Å²) in [6.45, 7) is 1.35. The number of hydrogen-bond donors (Lipinski definition) is 1. The maximum atomic E-state index is 14.0. The van der Waals surface area contributed by atoms with Crippen LogP contribution in [0.4, 0.5) is 14.5 Å². The number of fused-ring (bicyclic) bond motifs is 1. The van der Waals surface area contributed by atoms with E-state index in [1.807, 2.05) is 24.3 Å². The van der Waals surface area contributed by atoms with E-state index in [1.165, 1.54) is 6.92 Å². The van der Waals surface area contributed by atoms with Gasteiger partial charge in [0.2, 0.25) is 5.91 Å². The average molecular weight is 331 g/mol. The fourth-order valence-corrected chi connectivity index (χ4v) is 2.62. The molecule has 1 aliphatic rings. The maximum absolute atomic E-state index is 14.0. The van der Waals surface area contributed by atoms with Crippen molar-refractivity contribution in [3.05, 3.63) is 59.2 Å². The minimum absolute atomic E-state index is 0.0853. The molecule has 3 rings (SSSR count). The van der Waals surface area contributed by atoms with Gasteiger partial charge in [0, 0.05) is 5.56 Å². The molecule has 24 heavy (non-hydrogen) atoms. The first kappa shape index (κ1) is 16.1. The van der Waals surface area contributed by atoms with E-state index in [0.29, 0.717) is 12.2 Å². The van der Waals surface area contributed by atoms with Crippen LogP contribution < -0.4 is 10.1 Å². The number of para-hydroxylation sites is 1. The summed E-state index contributed by atoms with van der Waals surface area (Å²) in [5.74, 6) is -2.78. The van der Waals surface area contributed by atoms with Gasteiger partial charge in [-0.15, -0.1) is 0 Å². The highest BCUT2D eigenvalue weighted by atomic mass is 19.1. The number of rotatable bonds is 3. The molecule has 0 aromatic heterocycles.